The fourth-order valence-electron chi connectivity index (χ4n) is 2.83. The molecule has 2 saturated heterocycles. The van der Waals surface area contributed by atoms with Crippen LogP contribution in [-0.2, 0) is 19.1 Å². The first-order valence-electron chi connectivity index (χ1n) is 6.52. The molecule has 0 aliphatic carbocycles. The van der Waals surface area contributed by atoms with Crippen LogP contribution in [0.25, 0.3) is 0 Å². The molecule has 0 saturated carbocycles. The Labute approximate surface area is 107 Å². The highest BCUT2D eigenvalue weighted by molar-refractivity contribution is 5.87. The predicted molar refractivity (Wildman–Crippen MR) is 65.7 cm³/mol. The zero-order valence-electron chi connectivity index (χ0n) is 11.0. The molecule has 2 heterocycles. The van der Waals surface area contributed by atoms with Gasteiger partial charge in [-0.25, -0.2) is 4.79 Å². The van der Waals surface area contributed by atoms with E-state index in [0.29, 0.717) is 24.3 Å². The van der Waals surface area contributed by atoms with Crippen LogP contribution in [0.3, 0.4) is 0 Å². The van der Waals surface area contributed by atoms with Gasteiger partial charge < -0.3 is 9.47 Å². The van der Waals surface area contributed by atoms with Gasteiger partial charge in [0.25, 0.3) is 0 Å². The molecule has 2 bridgehead atoms. The highest BCUT2D eigenvalue weighted by Crippen LogP contribution is 2.35. The van der Waals surface area contributed by atoms with Gasteiger partial charge in [0.15, 0.2) is 0 Å². The normalized spacial score (nSPS) is 35.3. The Morgan fingerprint density at radius 2 is 2.06 bits per heavy atom. The van der Waals surface area contributed by atoms with Crippen molar-refractivity contribution in [3.05, 3.63) is 12.2 Å². The van der Waals surface area contributed by atoms with Gasteiger partial charge in [0.2, 0.25) is 0 Å². The van der Waals surface area contributed by atoms with E-state index in [9.17, 15) is 9.59 Å². The maximum Gasteiger partial charge on any atom is 0.333 e. The average Bonchev–Trinajstić information content (AvgIpc) is 2.44. The van der Waals surface area contributed by atoms with E-state index in [4.69, 9.17) is 9.47 Å². The third kappa shape index (κ3) is 2.92. The van der Waals surface area contributed by atoms with E-state index in [1.165, 1.54) is 0 Å². The Bertz CT molecular complexity index is 374. The van der Waals surface area contributed by atoms with Gasteiger partial charge in [-0.1, -0.05) is 13.5 Å². The molecule has 4 unspecified atom stereocenters. The van der Waals surface area contributed by atoms with Crippen LogP contribution in [0.4, 0.5) is 0 Å². The lowest BCUT2D eigenvalue weighted by Gasteiger charge is -2.25. The maximum atomic E-state index is 11.8. The highest BCUT2D eigenvalue weighted by atomic mass is 16.6. The Hall–Kier alpha value is -1.32. The van der Waals surface area contributed by atoms with E-state index < -0.39 is 0 Å². The van der Waals surface area contributed by atoms with Crippen LogP contribution < -0.4 is 0 Å². The summed E-state index contributed by atoms with van der Waals surface area (Å²) in [5.74, 6) is -0.140. The van der Waals surface area contributed by atoms with Crippen molar-refractivity contribution in [1.82, 2.24) is 0 Å². The molecular weight excluding hydrogens is 232 g/mol. The zero-order chi connectivity index (χ0) is 13.3. The van der Waals surface area contributed by atoms with Crippen LogP contribution in [0, 0.1) is 11.8 Å². The lowest BCUT2D eigenvalue weighted by atomic mass is 9.84. The molecular formula is C14H20O4. The number of hydrogen-bond acceptors (Lipinski definition) is 4. The molecule has 0 aromatic heterocycles. The van der Waals surface area contributed by atoms with E-state index in [1.807, 2.05) is 0 Å². The molecule has 0 radical (unpaired) electrons. The molecule has 100 valence electrons. The van der Waals surface area contributed by atoms with Gasteiger partial charge >= 0.3 is 11.9 Å². The summed E-state index contributed by atoms with van der Waals surface area (Å²) in [6.07, 6.45) is 2.57. The number of rotatable bonds is 2. The summed E-state index contributed by atoms with van der Waals surface area (Å²) in [7, 11) is 0. The summed E-state index contributed by atoms with van der Waals surface area (Å²) < 4.78 is 10.8. The topological polar surface area (TPSA) is 52.6 Å². The third-order valence-electron chi connectivity index (χ3n) is 3.66. The van der Waals surface area contributed by atoms with Crippen LogP contribution in [0.2, 0.25) is 0 Å². The Morgan fingerprint density at radius 3 is 2.72 bits per heavy atom. The summed E-state index contributed by atoms with van der Waals surface area (Å²) in [5, 5.41) is 0. The van der Waals surface area contributed by atoms with Crippen molar-refractivity contribution in [3.8, 4) is 0 Å². The molecule has 18 heavy (non-hydrogen) atoms. The van der Waals surface area contributed by atoms with Crippen molar-refractivity contribution in [2.75, 3.05) is 0 Å². The van der Waals surface area contributed by atoms with Gasteiger partial charge in [0.1, 0.15) is 12.2 Å². The highest BCUT2D eigenvalue weighted by Gasteiger charge is 2.39. The number of ether oxygens (including phenoxy) is 2. The number of hydrogen-bond donors (Lipinski definition) is 0. The molecule has 4 atom stereocenters. The molecule has 2 aliphatic rings. The van der Waals surface area contributed by atoms with Gasteiger partial charge in [-0.05, 0) is 32.1 Å². The fourth-order valence-corrected chi connectivity index (χ4v) is 2.83. The molecule has 4 nitrogen and oxygen atoms in total. The van der Waals surface area contributed by atoms with Gasteiger partial charge in [0, 0.05) is 12.0 Å². The lowest BCUT2D eigenvalue weighted by molar-refractivity contribution is -0.151. The standard InChI is InChI=1S/C14H20O4/c1-8(2)13(15)17-12-6-10-4-9(3)5-11(7-12)18-14(10)16/h9-12H,1,4-7H2,2-3H3. The van der Waals surface area contributed by atoms with E-state index in [2.05, 4.69) is 13.5 Å². The fraction of sp³-hybridized carbons (Fsp3) is 0.714. The minimum absolute atomic E-state index is 0.108. The molecule has 2 rings (SSSR count). The molecule has 0 N–H and O–H groups in total. The largest absolute Gasteiger partial charge is 0.462 e. The van der Waals surface area contributed by atoms with Crippen LogP contribution in [0.15, 0.2) is 12.2 Å². The Kier molecular flexibility index (Phi) is 3.73. The smallest absolute Gasteiger partial charge is 0.333 e. The third-order valence-corrected chi connectivity index (χ3v) is 3.66. The van der Waals surface area contributed by atoms with E-state index in [1.54, 1.807) is 6.92 Å². The van der Waals surface area contributed by atoms with Gasteiger partial charge in [-0.15, -0.1) is 0 Å². The molecule has 0 amide bonds. The van der Waals surface area contributed by atoms with Crippen LogP contribution in [-0.4, -0.2) is 24.1 Å². The monoisotopic (exact) mass is 252 g/mol. The van der Waals surface area contributed by atoms with E-state index in [-0.39, 0.29) is 30.1 Å². The van der Waals surface area contributed by atoms with Crippen molar-refractivity contribution < 1.29 is 19.1 Å². The maximum absolute atomic E-state index is 11.8. The first-order valence-corrected chi connectivity index (χ1v) is 6.52. The summed E-state index contributed by atoms with van der Waals surface area (Å²) in [4.78, 5) is 23.4. The second-order valence-corrected chi connectivity index (χ2v) is 5.61. The van der Waals surface area contributed by atoms with E-state index >= 15 is 0 Å². The van der Waals surface area contributed by atoms with Crippen molar-refractivity contribution in [1.29, 1.82) is 0 Å². The van der Waals surface area contributed by atoms with Gasteiger partial charge in [-0.3, -0.25) is 4.79 Å². The second kappa shape index (κ2) is 5.12. The summed E-state index contributed by atoms with van der Waals surface area (Å²) in [6.45, 7) is 7.34. The van der Waals surface area contributed by atoms with Crippen molar-refractivity contribution in [2.45, 2.75) is 51.7 Å². The molecule has 0 aromatic carbocycles. The summed E-state index contributed by atoms with van der Waals surface area (Å²) in [6, 6.07) is 0. The SMILES string of the molecule is C=C(C)C(=O)OC1CC2CC(C)CC(C1)C(=O)O2. The van der Waals surface area contributed by atoms with Crippen molar-refractivity contribution >= 4 is 11.9 Å². The molecule has 4 heteroatoms. The van der Waals surface area contributed by atoms with E-state index in [0.717, 1.165) is 12.8 Å². The number of carbonyl (C=O) groups is 2. The quantitative estimate of drug-likeness (QED) is 0.558. The number of carbonyl (C=O) groups excluding carboxylic acids is 2. The van der Waals surface area contributed by atoms with Gasteiger partial charge in [-0.2, -0.15) is 0 Å². The Morgan fingerprint density at radius 1 is 1.33 bits per heavy atom. The molecule has 0 spiro atoms. The molecule has 2 fully saturated rings. The Balaban J connectivity index is 2.06. The average molecular weight is 252 g/mol. The van der Waals surface area contributed by atoms with Gasteiger partial charge in [0.05, 0.1) is 5.92 Å². The summed E-state index contributed by atoms with van der Waals surface area (Å²) >= 11 is 0. The number of fused-ring (bicyclic) bond motifs is 3. The summed E-state index contributed by atoms with van der Waals surface area (Å²) in [5.41, 5.74) is 0.394. The zero-order valence-corrected chi connectivity index (χ0v) is 11.0. The minimum Gasteiger partial charge on any atom is -0.462 e. The molecule has 2 aliphatic heterocycles. The van der Waals surface area contributed by atoms with Crippen LogP contribution in [0.1, 0.15) is 39.5 Å². The van der Waals surface area contributed by atoms with Crippen molar-refractivity contribution in [3.63, 3.8) is 0 Å². The predicted octanol–water partition coefficient (Wildman–Crippen LogP) is 2.23. The first-order chi connectivity index (χ1) is 8.45. The second-order valence-electron chi connectivity index (χ2n) is 5.61. The number of esters is 2. The lowest BCUT2D eigenvalue weighted by Crippen LogP contribution is -2.27. The van der Waals surface area contributed by atoms with Crippen molar-refractivity contribution in [2.24, 2.45) is 11.8 Å². The van der Waals surface area contributed by atoms with Crippen LogP contribution >= 0.6 is 0 Å². The molecule has 0 aromatic rings. The first kappa shape index (κ1) is 13.1. The van der Waals surface area contributed by atoms with Crippen LogP contribution in [0.5, 0.6) is 0 Å². The minimum atomic E-state index is -0.375.